The molecule has 2 aromatic heterocycles. The average Bonchev–Trinajstić information content (AvgIpc) is 2.74. The minimum absolute atomic E-state index is 0.00258. The van der Waals surface area contributed by atoms with Crippen molar-refractivity contribution in [3.8, 4) is 0 Å². The third-order valence-electron chi connectivity index (χ3n) is 5.00. The number of amides is 1. The zero-order valence-electron chi connectivity index (χ0n) is 17.2. The molecule has 0 saturated heterocycles. The van der Waals surface area contributed by atoms with Crippen LogP contribution in [0.5, 0.6) is 0 Å². The van der Waals surface area contributed by atoms with Gasteiger partial charge in [0.25, 0.3) is 5.91 Å². The number of carbonyl (C=O) groups is 1. The average molecular weight is 398 g/mol. The Balaban J connectivity index is 1.80. The number of aromatic nitrogens is 1. The summed E-state index contributed by atoms with van der Waals surface area (Å²) in [5, 5.41) is 0.479. The Morgan fingerprint density at radius 1 is 0.967 bits per heavy atom. The highest BCUT2D eigenvalue weighted by molar-refractivity contribution is 6.04. The maximum Gasteiger partial charge on any atom is 0.295 e. The summed E-state index contributed by atoms with van der Waals surface area (Å²) >= 11 is 0. The summed E-state index contributed by atoms with van der Waals surface area (Å²) in [5.74, 6) is 0.0805. The molecule has 2 aromatic carbocycles. The van der Waals surface area contributed by atoms with Gasteiger partial charge in [-0.15, -0.1) is 0 Å². The van der Waals surface area contributed by atoms with E-state index in [1.54, 1.807) is 24.4 Å². The molecule has 150 valence electrons. The Bertz CT molecular complexity index is 1280. The monoisotopic (exact) mass is 398 g/mol. The van der Waals surface area contributed by atoms with Crippen LogP contribution in [-0.2, 0) is 6.54 Å². The van der Waals surface area contributed by atoms with Gasteiger partial charge >= 0.3 is 0 Å². The van der Waals surface area contributed by atoms with Crippen LogP contribution >= 0.6 is 0 Å². The van der Waals surface area contributed by atoms with Crippen LogP contribution in [0.1, 0.15) is 32.8 Å². The lowest BCUT2D eigenvalue weighted by atomic mass is 10.1. The van der Waals surface area contributed by atoms with E-state index >= 15 is 0 Å². The molecule has 0 fully saturated rings. The van der Waals surface area contributed by atoms with E-state index in [0.717, 1.165) is 22.3 Å². The molecule has 2 heterocycles. The Hall–Kier alpha value is -3.73. The molecule has 0 spiro atoms. The van der Waals surface area contributed by atoms with Gasteiger partial charge in [0.05, 0.1) is 11.9 Å². The number of fused-ring (bicyclic) bond motifs is 1. The second kappa shape index (κ2) is 7.95. The Morgan fingerprint density at radius 2 is 1.73 bits per heavy atom. The molecule has 0 saturated carbocycles. The summed E-state index contributed by atoms with van der Waals surface area (Å²) in [7, 11) is 0. The van der Waals surface area contributed by atoms with Crippen LogP contribution in [-0.4, -0.2) is 10.9 Å². The van der Waals surface area contributed by atoms with Crippen LogP contribution in [0.15, 0.2) is 76.1 Å². The highest BCUT2D eigenvalue weighted by Crippen LogP contribution is 2.22. The highest BCUT2D eigenvalue weighted by Gasteiger charge is 2.23. The number of aryl methyl sites for hydroxylation is 3. The van der Waals surface area contributed by atoms with E-state index in [9.17, 15) is 9.59 Å². The normalized spacial score (nSPS) is 10.9. The lowest BCUT2D eigenvalue weighted by Crippen LogP contribution is -2.31. The van der Waals surface area contributed by atoms with Gasteiger partial charge in [0.2, 0.25) is 0 Å². The van der Waals surface area contributed by atoms with Crippen molar-refractivity contribution in [2.24, 2.45) is 0 Å². The third kappa shape index (κ3) is 3.87. The van der Waals surface area contributed by atoms with Gasteiger partial charge in [-0.3, -0.25) is 14.5 Å². The summed E-state index contributed by atoms with van der Waals surface area (Å²) in [6.07, 6.45) is 1.63. The van der Waals surface area contributed by atoms with Crippen LogP contribution in [0.4, 0.5) is 5.82 Å². The Labute approximate surface area is 174 Å². The maximum absolute atomic E-state index is 13.4. The molecule has 30 heavy (non-hydrogen) atoms. The second-order valence-corrected chi connectivity index (χ2v) is 7.50. The lowest BCUT2D eigenvalue weighted by molar-refractivity contribution is 0.0958. The molecule has 4 rings (SSSR count). The van der Waals surface area contributed by atoms with Crippen molar-refractivity contribution in [1.82, 2.24) is 4.98 Å². The van der Waals surface area contributed by atoms with E-state index in [0.29, 0.717) is 23.3 Å². The number of pyridine rings is 1. The third-order valence-corrected chi connectivity index (χ3v) is 5.00. The van der Waals surface area contributed by atoms with E-state index in [1.807, 2.05) is 57.2 Å². The molecule has 0 bridgehead atoms. The summed E-state index contributed by atoms with van der Waals surface area (Å²) < 4.78 is 5.93. The number of benzene rings is 2. The number of carbonyl (C=O) groups excluding carboxylic acids is 1. The van der Waals surface area contributed by atoms with Crippen LogP contribution in [0.25, 0.3) is 11.0 Å². The first-order valence-electron chi connectivity index (χ1n) is 9.76. The van der Waals surface area contributed by atoms with Gasteiger partial charge in [-0.05, 0) is 55.7 Å². The number of hydrogen-bond acceptors (Lipinski definition) is 4. The summed E-state index contributed by atoms with van der Waals surface area (Å²) in [5.41, 5.74) is 4.09. The summed E-state index contributed by atoms with van der Waals surface area (Å²) in [6, 6.07) is 18.3. The molecule has 0 atom stereocenters. The zero-order valence-corrected chi connectivity index (χ0v) is 17.2. The van der Waals surface area contributed by atoms with Gasteiger partial charge in [0.1, 0.15) is 11.4 Å². The quantitative estimate of drug-likeness (QED) is 0.487. The fraction of sp³-hybridized carbons (Fsp3) is 0.160. The molecule has 1 amide bonds. The maximum atomic E-state index is 13.4. The molecule has 0 unspecified atom stereocenters. The fourth-order valence-corrected chi connectivity index (χ4v) is 3.49. The van der Waals surface area contributed by atoms with Crippen molar-refractivity contribution >= 4 is 22.7 Å². The summed E-state index contributed by atoms with van der Waals surface area (Å²) in [4.78, 5) is 32.0. The Kier molecular flexibility index (Phi) is 5.19. The first kappa shape index (κ1) is 19.6. The van der Waals surface area contributed by atoms with Gasteiger partial charge in [0.15, 0.2) is 11.2 Å². The van der Waals surface area contributed by atoms with Crippen molar-refractivity contribution in [2.45, 2.75) is 27.3 Å². The number of rotatable bonds is 4. The van der Waals surface area contributed by atoms with E-state index < -0.39 is 5.91 Å². The predicted octanol–water partition coefficient (Wildman–Crippen LogP) is 4.96. The SMILES string of the molecule is Cc1ccc(CN(C(=O)c2cc(=O)c3cc(C)cc(C)c3o2)c2ccccn2)cc1. The predicted molar refractivity (Wildman–Crippen MR) is 118 cm³/mol. The van der Waals surface area contributed by atoms with E-state index in [4.69, 9.17) is 4.42 Å². The van der Waals surface area contributed by atoms with E-state index in [1.165, 1.54) is 11.0 Å². The molecule has 0 N–H and O–H groups in total. The molecule has 0 aliphatic heterocycles. The van der Waals surface area contributed by atoms with E-state index in [2.05, 4.69) is 4.98 Å². The standard InChI is InChI=1S/C25H22N2O3/c1-16-7-9-19(10-8-16)15-27(23-6-4-5-11-26-23)25(29)22-14-21(28)20-13-17(2)12-18(3)24(20)30-22/h4-14H,15H2,1-3H3. The molecule has 0 radical (unpaired) electrons. The number of anilines is 1. The first-order valence-corrected chi connectivity index (χ1v) is 9.76. The molecular formula is C25H22N2O3. The van der Waals surface area contributed by atoms with Crippen LogP contribution in [0.3, 0.4) is 0 Å². The topological polar surface area (TPSA) is 63.4 Å². The second-order valence-electron chi connectivity index (χ2n) is 7.50. The van der Waals surface area contributed by atoms with Gasteiger partial charge in [-0.25, -0.2) is 4.98 Å². The number of nitrogens with zero attached hydrogens (tertiary/aromatic N) is 2. The molecule has 4 aromatic rings. The Morgan fingerprint density at radius 3 is 2.43 bits per heavy atom. The minimum atomic E-state index is -0.409. The van der Waals surface area contributed by atoms with Gasteiger partial charge in [-0.1, -0.05) is 42.0 Å². The highest BCUT2D eigenvalue weighted by atomic mass is 16.3. The van der Waals surface area contributed by atoms with Crippen molar-refractivity contribution in [3.63, 3.8) is 0 Å². The molecule has 0 aliphatic rings. The van der Waals surface area contributed by atoms with Crippen molar-refractivity contribution < 1.29 is 9.21 Å². The van der Waals surface area contributed by atoms with Crippen LogP contribution < -0.4 is 10.3 Å². The van der Waals surface area contributed by atoms with Crippen LogP contribution in [0.2, 0.25) is 0 Å². The number of hydrogen-bond donors (Lipinski definition) is 0. The van der Waals surface area contributed by atoms with Crippen LogP contribution in [0, 0.1) is 20.8 Å². The van der Waals surface area contributed by atoms with Crippen molar-refractivity contribution in [3.05, 3.63) is 105 Å². The largest absolute Gasteiger partial charge is 0.450 e. The fourth-order valence-electron chi connectivity index (χ4n) is 3.49. The van der Waals surface area contributed by atoms with Gasteiger partial charge in [0, 0.05) is 12.3 Å². The molecule has 5 heteroatoms. The van der Waals surface area contributed by atoms with E-state index in [-0.39, 0.29) is 11.2 Å². The van der Waals surface area contributed by atoms with Gasteiger partial charge < -0.3 is 4.42 Å². The van der Waals surface area contributed by atoms with Gasteiger partial charge in [-0.2, -0.15) is 0 Å². The molecular weight excluding hydrogens is 376 g/mol. The van der Waals surface area contributed by atoms with Crippen molar-refractivity contribution in [1.29, 1.82) is 0 Å². The lowest BCUT2D eigenvalue weighted by Gasteiger charge is -2.21. The first-order chi connectivity index (χ1) is 14.4. The summed E-state index contributed by atoms with van der Waals surface area (Å²) in [6.45, 7) is 6.12. The molecule has 5 nitrogen and oxygen atoms in total. The van der Waals surface area contributed by atoms with Crippen molar-refractivity contribution in [2.75, 3.05) is 4.90 Å². The smallest absolute Gasteiger partial charge is 0.295 e. The minimum Gasteiger partial charge on any atom is -0.450 e. The molecule has 0 aliphatic carbocycles. The zero-order chi connectivity index (χ0) is 21.3.